The molecule has 0 bridgehead atoms. The van der Waals surface area contributed by atoms with E-state index in [4.69, 9.17) is 0 Å². The molecule has 1 aliphatic rings. The zero-order valence-electron chi connectivity index (χ0n) is 15.6. The average molecular weight is 398 g/mol. The fraction of sp³-hybridized carbons (Fsp3) is 0.0833. The predicted octanol–water partition coefficient (Wildman–Crippen LogP) is 5.06. The van der Waals surface area contributed by atoms with Gasteiger partial charge in [0.25, 0.3) is 0 Å². The smallest absolute Gasteiger partial charge is 0.231 e. The Morgan fingerprint density at radius 2 is 1.52 bits per heavy atom. The number of nitrogens with one attached hydrogen (secondary N) is 2. The van der Waals surface area contributed by atoms with E-state index in [-0.39, 0.29) is 11.9 Å². The third-order valence-corrected chi connectivity index (χ3v) is 6.00. The van der Waals surface area contributed by atoms with Crippen molar-refractivity contribution >= 4 is 17.7 Å². The van der Waals surface area contributed by atoms with Crippen LogP contribution in [0.1, 0.15) is 17.2 Å². The van der Waals surface area contributed by atoms with Gasteiger partial charge in [-0.05, 0) is 27.8 Å². The van der Waals surface area contributed by atoms with Crippen molar-refractivity contribution in [3.8, 4) is 22.4 Å². The number of H-pyrrole nitrogens is 1. The maximum atomic E-state index is 12.7. The van der Waals surface area contributed by atoms with Gasteiger partial charge in [0.15, 0.2) is 5.16 Å². The molecule has 5 heteroatoms. The number of imidazole rings is 1. The summed E-state index contributed by atoms with van der Waals surface area (Å²) in [6.45, 7) is 0. The number of nitrogens with zero attached hydrogens (tertiary/aromatic N) is 1. The first-order chi connectivity index (χ1) is 14.3. The van der Waals surface area contributed by atoms with Crippen LogP contribution in [-0.4, -0.2) is 21.6 Å². The molecule has 3 aromatic carbocycles. The van der Waals surface area contributed by atoms with Crippen LogP contribution in [0.3, 0.4) is 0 Å². The Morgan fingerprint density at radius 3 is 2.21 bits per heavy atom. The molecule has 4 nitrogen and oxygen atoms in total. The Balaban J connectivity index is 1.28. The average Bonchev–Trinajstić information content (AvgIpc) is 3.37. The van der Waals surface area contributed by atoms with Crippen molar-refractivity contribution in [1.29, 1.82) is 0 Å². The highest BCUT2D eigenvalue weighted by Gasteiger charge is 2.29. The molecule has 5 rings (SSSR count). The number of aromatic amines is 1. The maximum absolute atomic E-state index is 12.7. The van der Waals surface area contributed by atoms with E-state index in [0.29, 0.717) is 5.75 Å². The molecule has 2 N–H and O–H groups in total. The lowest BCUT2D eigenvalue weighted by molar-refractivity contribution is -0.119. The van der Waals surface area contributed by atoms with Gasteiger partial charge < -0.3 is 10.3 Å². The highest BCUT2D eigenvalue weighted by molar-refractivity contribution is 7.99. The molecule has 0 spiro atoms. The van der Waals surface area contributed by atoms with E-state index in [1.807, 2.05) is 54.6 Å². The van der Waals surface area contributed by atoms with Crippen molar-refractivity contribution in [2.45, 2.75) is 11.2 Å². The molecule has 0 radical (unpaired) electrons. The molecule has 0 saturated heterocycles. The lowest BCUT2D eigenvalue weighted by Gasteiger charge is -2.15. The van der Waals surface area contributed by atoms with Gasteiger partial charge in [0.05, 0.1) is 23.7 Å². The molecule has 142 valence electrons. The first-order valence-corrected chi connectivity index (χ1v) is 10.5. The minimum absolute atomic E-state index is 0.0100. The lowest BCUT2D eigenvalue weighted by atomic mass is 10.1. The van der Waals surface area contributed by atoms with Crippen LogP contribution in [0.25, 0.3) is 22.4 Å². The molecule has 0 saturated carbocycles. The molecule has 1 amide bonds. The summed E-state index contributed by atoms with van der Waals surface area (Å²) in [5.74, 6) is 0.298. The second-order valence-corrected chi connectivity index (χ2v) is 7.90. The number of fused-ring (bicyclic) bond motifs is 3. The van der Waals surface area contributed by atoms with Gasteiger partial charge in [0.1, 0.15) is 0 Å². The summed E-state index contributed by atoms with van der Waals surface area (Å²) in [5.41, 5.74) is 6.72. The number of benzene rings is 3. The fourth-order valence-electron chi connectivity index (χ4n) is 3.79. The maximum Gasteiger partial charge on any atom is 0.231 e. The van der Waals surface area contributed by atoms with Gasteiger partial charge in [-0.25, -0.2) is 4.98 Å². The Kier molecular flexibility index (Phi) is 4.66. The van der Waals surface area contributed by atoms with Crippen LogP contribution in [0.5, 0.6) is 0 Å². The van der Waals surface area contributed by atoms with Gasteiger partial charge in [-0.3, -0.25) is 4.79 Å². The number of amides is 1. The standard InChI is InChI=1S/C24H19N3OS/c28-22(15-29-24-25-14-21(26-24)16-8-2-1-3-9-16)27-23-19-12-6-4-10-17(19)18-11-5-7-13-20(18)23/h1-14,23H,15H2,(H,25,26)(H,27,28). The summed E-state index contributed by atoms with van der Waals surface area (Å²) in [7, 11) is 0. The molecular weight excluding hydrogens is 378 g/mol. The number of hydrogen-bond acceptors (Lipinski definition) is 3. The molecule has 1 aromatic heterocycles. The minimum Gasteiger partial charge on any atom is -0.344 e. The molecule has 1 aliphatic carbocycles. The summed E-state index contributed by atoms with van der Waals surface area (Å²) in [5, 5.41) is 3.94. The van der Waals surface area contributed by atoms with Gasteiger partial charge in [-0.2, -0.15) is 0 Å². The van der Waals surface area contributed by atoms with Gasteiger partial charge in [-0.1, -0.05) is 90.6 Å². The number of hydrogen-bond donors (Lipinski definition) is 2. The Bertz CT molecular complexity index is 1120. The van der Waals surface area contributed by atoms with E-state index in [9.17, 15) is 4.79 Å². The van der Waals surface area contributed by atoms with E-state index in [0.717, 1.165) is 27.5 Å². The molecular formula is C24H19N3OS. The van der Waals surface area contributed by atoms with E-state index in [2.05, 4.69) is 39.6 Å². The van der Waals surface area contributed by atoms with E-state index >= 15 is 0 Å². The topological polar surface area (TPSA) is 57.8 Å². The third-order valence-electron chi connectivity index (χ3n) is 5.12. The highest BCUT2D eigenvalue weighted by atomic mass is 32.2. The molecule has 1 heterocycles. The Labute approximate surface area is 173 Å². The van der Waals surface area contributed by atoms with Crippen molar-refractivity contribution < 1.29 is 4.79 Å². The van der Waals surface area contributed by atoms with Crippen LogP contribution < -0.4 is 5.32 Å². The van der Waals surface area contributed by atoms with E-state index < -0.39 is 0 Å². The van der Waals surface area contributed by atoms with Crippen molar-refractivity contribution in [2.24, 2.45) is 0 Å². The normalized spacial score (nSPS) is 12.4. The van der Waals surface area contributed by atoms with Gasteiger partial charge in [0.2, 0.25) is 5.91 Å². The predicted molar refractivity (Wildman–Crippen MR) is 117 cm³/mol. The third kappa shape index (κ3) is 3.45. The second kappa shape index (κ2) is 7.60. The summed E-state index contributed by atoms with van der Waals surface area (Å²) in [6.07, 6.45) is 1.80. The summed E-state index contributed by atoms with van der Waals surface area (Å²) in [6, 6.07) is 26.5. The van der Waals surface area contributed by atoms with E-state index in [1.165, 1.54) is 22.9 Å². The monoisotopic (exact) mass is 397 g/mol. The van der Waals surface area contributed by atoms with Gasteiger partial charge in [-0.15, -0.1) is 0 Å². The van der Waals surface area contributed by atoms with Crippen LogP contribution in [-0.2, 0) is 4.79 Å². The van der Waals surface area contributed by atoms with Crippen molar-refractivity contribution in [1.82, 2.24) is 15.3 Å². The summed E-state index contributed by atoms with van der Waals surface area (Å²) in [4.78, 5) is 20.4. The molecule has 0 atom stereocenters. The van der Waals surface area contributed by atoms with Crippen LogP contribution in [0, 0.1) is 0 Å². The molecule has 0 aliphatic heterocycles. The Hall–Kier alpha value is -3.31. The number of carbonyl (C=O) groups is 1. The first-order valence-electron chi connectivity index (χ1n) is 9.50. The quantitative estimate of drug-likeness (QED) is 0.463. The minimum atomic E-state index is -0.105. The van der Waals surface area contributed by atoms with E-state index in [1.54, 1.807) is 6.20 Å². The first kappa shape index (κ1) is 17.8. The van der Waals surface area contributed by atoms with Crippen LogP contribution in [0.4, 0.5) is 0 Å². The zero-order chi connectivity index (χ0) is 19.6. The Morgan fingerprint density at radius 1 is 0.897 bits per heavy atom. The number of thioether (sulfide) groups is 1. The zero-order valence-corrected chi connectivity index (χ0v) is 16.4. The largest absolute Gasteiger partial charge is 0.344 e. The molecule has 4 aromatic rings. The summed E-state index contributed by atoms with van der Waals surface area (Å²) < 4.78 is 0. The number of aromatic nitrogens is 2. The van der Waals surface area contributed by atoms with Crippen molar-refractivity contribution in [2.75, 3.05) is 5.75 Å². The van der Waals surface area contributed by atoms with Crippen LogP contribution in [0.15, 0.2) is 90.2 Å². The fourth-order valence-corrected chi connectivity index (χ4v) is 4.45. The highest BCUT2D eigenvalue weighted by Crippen LogP contribution is 2.43. The van der Waals surface area contributed by atoms with Crippen LogP contribution >= 0.6 is 11.8 Å². The number of rotatable bonds is 5. The summed E-state index contributed by atoms with van der Waals surface area (Å²) >= 11 is 1.41. The van der Waals surface area contributed by atoms with Crippen LogP contribution in [0.2, 0.25) is 0 Å². The van der Waals surface area contributed by atoms with Crippen molar-refractivity contribution in [3.05, 3.63) is 96.2 Å². The molecule has 29 heavy (non-hydrogen) atoms. The van der Waals surface area contributed by atoms with Gasteiger partial charge >= 0.3 is 0 Å². The SMILES string of the molecule is O=C(CSc1ncc(-c2ccccc2)[nH]1)NC1c2ccccc2-c2ccccc21. The van der Waals surface area contributed by atoms with Gasteiger partial charge in [0, 0.05) is 0 Å². The number of carbonyl (C=O) groups excluding carboxylic acids is 1. The molecule has 0 unspecified atom stereocenters. The lowest BCUT2D eigenvalue weighted by Crippen LogP contribution is -2.29. The second-order valence-electron chi connectivity index (χ2n) is 6.93. The molecule has 0 fully saturated rings. The van der Waals surface area contributed by atoms with Crippen molar-refractivity contribution in [3.63, 3.8) is 0 Å².